The molecule has 1 unspecified atom stereocenters. The van der Waals surface area contributed by atoms with E-state index in [0.717, 1.165) is 32.5 Å². The monoisotopic (exact) mass is 538 g/mol. The third-order valence-electron chi connectivity index (χ3n) is 9.44. The van der Waals surface area contributed by atoms with E-state index in [4.69, 9.17) is 9.47 Å². The predicted octanol–water partition coefficient (Wildman–Crippen LogP) is 10.2. The molecule has 2 fully saturated rings. The van der Waals surface area contributed by atoms with Crippen LogP contribution >= 0.6 is 7.92 Å². The topological polar surface area (TPSA) is 18.5 Å². The van der Waals surface area contributed by atoms with Crippen LogP contribution in [0.4, 0.5) is 0 Å². The second kappa shape index (κ2) is 10.2. The van der Waals surface area contributed by atoms with Gasteiger partial charge in [0.1, 0.15) is 0 Å². The third-order valence-corrected chi connectivity index (χ3v) is 13.9. The van der Waals surface area contributed by atoms with E-state index in [0.29, 0.717) is 17.8 Å². The molecule has 1 spiro atoms. The molecule has 1 atom stereocenters. The summed E-state index contributed by atoms with van der Waals surface area (Å²) in [6.45, 7) is 30.7. The van der Waals surface area contributed by atoms with Gasteiger partial charge in [-0.05, 0) is 51.2 Å². The first kappa shape index (κ1) is 30.0. The van der Waals surface area contributed by atoms with Crippen LogP contribution in [0.3, 0.4) is 0 Å². The fraction of sp³-hybridized carbons (Fsp3) is 0.714. The highest BCUT2D eigenvalue weighted by Gasteiger charge is 2.64. The van der Waals surface area contributed by atoms with Crippen LogP contribution in [0.25, 0.3) is 5.57 Å². The zero-order valence-corrected chi connectivity index (χ0v) is 27.4. The second-order valence-electron chi connectivity index (χ2n) is 15.4. The largest absolute Gasteiger partial charge is 0.349 e. The van der Waals surface area contributed by atoms with Crippen LogP contribution in [0.5, 0.6) is 0 Å². The van der Waals surface area contributed by atoms with Gasteiger partial charge in [-0.1, -0.05) is 133 Å². The Hall–Kier alpha value is -0.950. The fourth-order valence-corrected chi connectivity index (χ4v) is 14.0. The van der Waals surface area contributed by atoms with E-state index in [1.165, 1.54) is 11.1 Å². The van der Waals surface area contributed by atoms with Crippen LogP contribution < -0.4 is 0 Å². The van der Waals surface area contributed by atoms with Gasteiger partial charge in [0.05, 0.1) is 13.2 Å². The summed E-state index contributed by atoms with van der Waals surface area (Å²) >= 11 is 0. The average molecular weight is 539 g/mol. The van der Waals surface area contributed by atoms with Crippen molar-refractivity contribution in [2.75, 3.05) is 13.2 Å². The fourth-order valence-electron chi connectivity index (χ4n) is 8.12. The first-order valence-electron chi connectivity index (χ1n) is 15.1. The van der Waals surface area contributed by atoms with Gasteiger partial charge in [0, 0.05) is 23.4 Å². The molecule has 3 heteroatoms. The van der Waals surface area contributed by atoms with Crippen LogP contribution in [0.1, 0.15) is 119 Å². The molecule has 0 N–H and O–H groups in total. The zero-order valence-electron chi connectivity index (χ0n) is 26.5. The summed E-state index contributed by atoms with van der Waals surface area (Å²) in [7, 11) is -0.490. The van der Waals surface area contributed by atoms with Crippen molar-refractivity contribution < 1.29 is 9.47 Å². The number of hydrogen-bond acceptors (Lipinski definition) is 2. The van der Waals surface area contributed by atoms with Crippen molar-refractivity contribution in [3.8, 4) is 0 Å². The van der Waals surface area contributed by atoms with Crippen molar-refractivity contribution in [3.05, 3.63) is 53.1 Å². The van der Waals surface area contributed by atoms with Gasteiger partial charge in [-0.3, -0.25) is 0 Å². The summed E-state index contributed by atoms with van der Waals surface area (Å²) in [5.74, 6) is 1.09. The molecule has 2 aliphatic heterocycles. The Balaban J connectivity index is 1.91. The Labute approximate surface area is 235 Å². The van der Waals surface area contributed by atoms with E-state index in [2.05, 4.69) is 120 Å². The maximum absolute atomic E-state index is 6.71. The summed E-state index contributed by atoms with van der Waals surface area (Å²) < 4.78 is 13.4. The van der Waals surface area contributed by atoms with Crippen LogP contribution in [0.2, 0.25) is 0 Å². The number of benzene rings is 1. The molecule has 0 radical (unpaired) electrons. The third kappa shape index (κ3) is 5.24. The van der Waals surface area contributed by atoms with Crippen molar-refractivity contribution in [3.63, 3.8) is 0 Å². The van der Waals surface area contributed by atoms with Gasteiger partial charge < -0.3 is 9.47 Å². The highest BCUT2D eigenvalue weighted by atomic mass is 31.1. The summed E-state index contributed by atoms with van der Waals surface area (Å²) in [5, 5.41) is 0.263. The lowest BCUT2D eigenvalue weighted by Crippen LogP contribution is -2.60. The van der Waals surface area contributed by atoms with Gasteiger partial charge in [0.25, 0.3) is 0 Å². The number of allylic oxidation sites excluding steroid dienone is 4. The van der Waals surface area contributed by atoms with Crippen LogP contribution in [-0.2, 0) is 9.47 Å². The van der Waals surface area contributed by atoms with Crippen molar-refractivity contribution in [1.82, 2.24) is 0 Å². The van der Waals surface area contributed by atoms with Gasteiger partial charge in [0.15, 0.2) is 5.79 Å². The van der Waals surface area contributed by atoms with Crippen molar-refractivity contribution in [2.45, 2.75) is 130 Å². The predicted molar refractivity (Wildman–Crippen MR) is 166 cm³/mol. The summed E-state index contributed by atoms with van der Waals surface area (Å²) in [6.07, 6.45) is 8.10. The highest BCUT2D eigenvalue weighted by Crippen LogP contribution is 2.80. The van der Waals surface area contributed by atoms with E-state index >= 15 is 0 Å². The molecule has 0 aromatic heterocycles. The summed E-state index contributed by atoms with van der Waals surface area (Å²) in [5.41, 5.74) is 6.21. The molecule has 0 saturated carbocycles. The second-order valence-corrected chi connectivity index (χ2v) is 19.3. The van der Waals surface area contributed by atoms with Crippen molar-refractivity contribution >= 4 is 13.5 Å². The minimum absolute atomic E-state index is 0.0806. The maximum atomic E-state index is 6.71. The van der Waals surface area contributed by atoms with Crippen LogP contribution in [0.15, 0.2) is 42.0 Å². The minimum Gasteiger partial charge on any atom is -0.349 e. The molecular formula is C35H55O2P. The van der Waals surface area contributed by atoms with E-state index in [9.17, 15) is 0 Å². The highest BCUT2D eigenvalue weighted by molar-refractivity contribution is 7.63. The first-order chi connectivity index (χ1) is 17.5. The van der Waals surface area contributed by atoms with E-state index in [-0.39, 0.29) is 20.9 Å². The molecule has 1 aromatic rings. The lowest BCUT2D eigenvalue weighted by atomic mass is 9.72. The van der Waals surface area contributed by atoms with Gasteiger partial charge in [-0.2, -0.15) is 0 Å². The molecule has 1 aromatic carbocycles. The summed E-state index contributed by atoms with van der Waals surface area (Å²) in [4.78, 5) is 0. The Bertz CT molecular complexity index is 1060. The SMILES string of the molecule is CC(C)C1=CC=C(c2ccccc2C(C)C)C(C(C)C)(P2C(C)(C)CC3(CC2(C)C)OCC(C)(C)CO3)C1. The smallest absolute Gasteiger partial charge is 0.170 e. The molecule has 4 rings (SSSR count). The Morgan fingerprint density at radius 2 is 1.29 bits per heavy atom. The molecule has 3 aliphatic rings. The molecule has 38 heavy (non-hydrogen) atoms. The lowest BCUT2D eigenvalue weighted by molar-refractivity contribution is -0.310. The van der Waals surface area contributed by atoms with Crippen molar-refractivity contribution in [1.29, 1.82) is 0 Å². The van der Waals surface area contributed by atoms with E-state index in [1.54, 1.807) is 11.1 Å². The average Bonchev–Trinajstić information content (AvgIpc) is 2.79. The number of ether oxygens (including phenoxy) is 2. The zero-order chi connectivity index (χ0) is 28.3. The number of rotatable bonds is 5. The van der Waals surface area contributed by atoms with Gasteiger partial charge in [-0.15, -0.1) is 0 Å². The lowest BCUT2D eigenvalue weighted by Gasteiger charge is -2.66. The first-order valence-corrected chi connectivity index (χ1v) is 16.4. The van der Waals surface area contributed by atoms with E-state index in [1.807, 2.05) is 0 Å². The molecule has 2 heterocycles. The van der Waals surface area contributed by atoms with Gasteiger partial charge in [-0.25, -0.2) is 0 Å². The molecule has 0 bridgehead atoms. The maximum Gasteiger partial charge on any atom is 0.170 e. The van der Waals surface area contributed by atoms with E-state index < -0.39 is 13.7 Å². The Morgan fingerprint density at radius 1 is 0.737 bits per heavy atom. The molecule has 2 nitrogen and oxygen atoms in total. The molecular weight excluding hydrogens is 483 g/mol. The van der Waals surface area contributed by atoms with Gasteiger partial charge >= 0.3 is 0 Å². The minimum atomic E-state index is -0.490. The Kier molecular flexibility index (Phi) is 8.02. The summed E-state index contributed by atoms with van der Waals surface area (Å²) in [6, 6.07) is 9.23. The quantitative estimate of drug-likeness (QED) is 0.347. The van der Waals surface area contributed by atoms with Crippen LogP contribution in [0, 0.1) is 17.3 Å². The number of hydrogen-bond donors (Lipinski definition) is 0. The van der Waals surface area contributed by atoms with Crippen LogP contribution in [-0.4, -0.2) is 34.5 Å². The molecule has 212 valence electrons. The molecule has 2 saturated heterocycles. The standard InChI is InChI=1S/C35H55O2P/c1-24(2)27-17-18-30(29-16-14-13-15-28(29)25(3)4)35(19-27,26(5)6)38-32(9,10)20-34(21-33(38,11)12)36-22-31(7,8)23-37-34/h13-18,24-26H,19-23H2,1-12H3. The molecule has 1 aliphatic carbocycles. The van der Waals surface area contributed by atoms with Crippen molar-refractivity contribution in [2.24, 2.45) is 17.3 Å². The normalized spacial score (nSPS) is 28.6. The molecule has 0 amide bonds. The Morgan fingerprint density at radius 3 is 1.79 bits per heavy atom. The van der Waals surface area contributed by atoms with Gasteiger partial charge in [0.2, 0.25) is 0 Å².